The lowest BCUT2D eigenvalue weighted by Crippen LogP contribution is -2.41. The molecule has 0 bridgehead atoms. The molecule has 0 fully saturated rings. The summed E-state index contributed by atoms with van der Waals surface area (Å²) in [5.74, 6) is -2.04. The molecule has 1 atom stereocenters. The molecule has 19 nitrogen and oxygen atoms in total. The van der Waals surface area contributed by atoms with Gasteiger partial charge >= 0.3 is 5.97 Å². The van der Waals surface area contributed by atoms with Crippen molar-refractivity contribution in [1.82, 2.24) is 51.2 Å². The zero-order valence-corrected chi connectivity index (χ0v) is 24.1. The fraction of sp³-hybridized carbons (Fsp3) is 0.185. The number of hydrogen-bond acceptors (Lipinski definition) is 15. The number of anilines is 5. The zero-order valence-electron chi connectivity index (χ0n) is 24.1. The van der Waals surface area contributed by atoms with Crippen molar-refractivity contribution in [1.29, 1.82) is 0 Å². The first-order valence-corrected chi connectivity index (χ1v) is 13.7. The lowest BCUT2D eigenvalue weighted by atomic mass is 10.0. The topological polar surface area (TPSA) is 318 Å². The predicted octanol–water partition coefficient (Wildman–Crippen LogP) is -0.0660. The Balaban J connectivity index is 1.14. The molecule has 0 aliphatic rings. The van der Waals surface area contributed by atoms with Crippen molar-refractivity contribution in [2.45, 2.75) is 25.4 Å². The number of amides is 2. The number of nitrogens with zero attached hydrogens (tertiary/aromatic N) is 7. The first kappa shape index (κ1) is 30.8. The Hall–Kier alpha value is -6.66. The standard InChI is InChI=1S/C27H29N15O4/c28-12-3-5-15(17(8-12)22-39-41-42-40-22)24(43)32-7-1-2-19(26(45)46)36-25(44)16-6-4-13(9-18(16)29)33-10-14-11-34-23-20(35-14)21(30)37-27(31)38-23/h3-6,8-9,11,19,33H,1-2,7,10,28-29H2,(H,32,43)(H,36,44)(H,45,46)(H,39,40,41,42)(H4,30,31,34,37,38)/t19-/m0/s1. The number of H-pyrrole nitrogens is 1. The van der Waals surface area contributed by atoms with E-state index in [1.807, 2.05) is 0 Å². The Bertz CT molecular complexity index is 1920. The largest absolute Gasteiger partial charge is 0.480 e. The second-order valence-electron chi connectivity index (χ2n) is 9.96. The highest BCUT2D eigenvalue weighted by atomic mass is 16.4. The fourth-order valence-corrected chi connectivity index (χ4v) is 4.46. The highest BCUT2D eigenvalue weighted by Gasteiger charge is 2.22. The molecule has 0 spiro atoms. The van der Waals surface area contributed by atoms with Crippen molar-refractivity contribution in [2.24, 2.45) is 0 Å². The van der Waals surface area contributed by atoms with E-state index in [-0.39, 0.29) is 66.0 Å². The molecule has 5 aromatic rings. The summed E-state index contributed by atoms with van der Waals surface area (Å²) in [5.41, 5.74) is 26.4. The van der Waals surface area contributed by atoms with Crippen LogP contribution in [0.25, 0.3) is 22.6 Å². The number of carbonyl (C=O) groups is 3. The number of aliphatic carboxylic acids is 1. The summed E-state index contributed by atoms with van der Waals surface area (Å²) in [6.45, 7) is 0.373. The van der Waals surface area contributed by atoms with E-state index >= 15 is 0 Å². The van der Waals surface area contributed by atoms with Crippen LogP contribution in [-0.2, 0) is 11.3 Å². The van der Waals surface area contributed by atoms with Gasteiger partial charge in [-0.05, 0) is 54.5 Å². The van der Waals surface area contributed by atoms with Crippen LogP contribution in [0, 0.1) is 0 Å². The summed E-state index contributed by atoms with van der Waals surface area (Å²) in [5, 5.41) is 31.7. The van der Waals surface area contributed by atoms with Gasteiger partial charge in [-0.25, -0.2) is 14.8 Å². The van der Waals surface area contributed by atoms with Crippen LogP contribution in [0.15, 0.2) is 42.6 Å². The lowest BCUT2D eigenvalue weighted by Gasteiger charge is -2.16. The van der Waals surface area contributed by atoms with Gasteiger partial charge in [0.15, 0.2) is 17.0 Å². The molecule has 46 heavy (non-hydrogen) atoms. The van der Waals surface area contributed by atoms with Crippen LogP contribution in [-0.4, -0.2) is 76.0 Å². The molecule has 5 rings (SSSR count). The van der Waals surface area contributed by atoms with Crippen molar-refractivity contribution in [3.8, 4) is 11.4 Å². The van der Waals surface area contributed by atoms with E-state index in [1.54, 1.807) is 18.2 Å². The molecule has 3 aromatic heterocycles. The summed E-state index contributed by atoms with van der Waals surface area (Å²) in [4.78, 5) is 54.1. The van der Waals surface area contributed by atoms with Gasteiger partial charge in [0.2, 0.25) is 11.8 Å². The van der Waals surface area contributed by atoms with Gasteiger partial charge in [-0.2, -0.15) is 15.2 Å². The molecule has 0 saturated heterocycles. The summed E-state index contributed by atoms with van der Waals surface area (Å²) in [6.07, 6.45) is 1.79. The third-order valence-corrected chi connectivity index (χ3v) is 6.70. The number of carboxylic acids is 1. The van der Waals surface area contributed by atoms with Gasteiger partial charge in [-0.1, -0.05) is 0 Å². The molecule has 2 aromatic carbocycles. The van der Waals surface area contributed by atoms with E-state index in [4.69, 9.17) is 22.9 Å². The van der Waals surface area contributed by atoms with E-state index in [0.717, 1.165) is 0 Å². The van der Waals surface area contributed by atoms with Crippen molar-refractivity contribution in [2.75, 3.05) is 34.8 Å². The highest BCUT2D eigenvalue weighted by Crippen LogP contribution is 2.23. The number of fused-ring (bicyclic) bond motifs is 1. The number of nitrogens with one attached hydrogen (secondary N) is 4. The van der Waals surface area contributed by atoms with Gasteiger partial charge in [-0.3, -0.25) is 9.59 Å². The molecular weight excluding hydrogens is 598 g/mol. The minimum absolute atomic E-state index is 0.00428. The Morgan fingerprint density at radius 2 is 1.76 bits per heavy atom. The highest BCUT2D eigenvalue weighted by molar-refractivity contribution is 6.02. The number of tetrazole rings is 1. The van der Waals surface area contributed by atoms with Gasteiger partial charge in [0, 0.05) is 29.2 Å². The second-order valence-corrected chi connectivity index (χ2v) is 9.96. The minimum Gasteiger partial charge on any atom is -0.480 e. The summed E-state index contributed by atoms with van der Waals surface area (Å²) < 4.78 is 0. The SMILES string of the molecule is Nc1ccc(C(=O)NCCC[C@H](NC(=O)c2ccc(NCc3cnc4nc(N)nc(N)c4n3)cc2N)C(=O)O)c(-c2nn[nH]n2)c1. The van der Waals surface area contributed by atoms with E-state index in [9.17, 15) is 19.5 Å². The van der Waals surface area contributed by atoms with Crippen LogP contribution in [0.4, 0.5) is 28.8 Å². The fourth-order valence-electron chi connectivity index (χ4n) is 4.46. The molecular formula is C27H29N15O4. The Labute approximate surface area is 259 Å². The summed E-state index contributed by atoms with van der Waals surface area (Å²) in [6, 6.07) is 8.03. The van der Waals surface area contributed by atoms with Gasteiger partial charge in [0.1, 0.15) is 6.04 Å². The predicted molar refractivity (Wildman–Crippen MR) is 167 cm³/mol. The van der Waals surface area contributed by atoms with Crippen molar-refractivity contribution < 1.29 is 19.5 Å². The van der Waals surface area contributed by atoms with Crippen LogP contribution in [0.2, 0.25) is 0 Å². The van der Waals surface area contributed by atoms with Crippen molar-refractivity contribution in [3.05, 3.63) is 59.4 Å². The third-order valence-electron chi connectivity index (χ3n) is 6.70. The average Bonchev–Trinajstić information content (AvgIpc) is 3.56. The molecule has 0 radical (unpaired) electrons. The van der Waals surface area contributed by atoms with Crippen LogP contribution in [0.1, 0.15) is 39.3 Å². The number of aromatic amines is 1. The summed E-state index contributed by atoms with van der Waals surface area (Å²) in [7, 11) is 0. The first-order valence-electron chi connectivity index (χ1n) is 13.7. The maximum atomic E-state index is 12.9. The number of aromatic nitrogens is 8. The van der Waals surface area contributed by atoms with E-state index in [0.29, 0.717) is 28.1 Å². The van der Waals surface area contributed by atoms with Gasteiger partial charge < -0.3 is 44.0 Å². The van der Waals surface area contributed by atoms with E-state index in [2.05, 4.69) is 56.5 Å². The first-order chi connectivity index (χ1) is 22.1. The monoisotopic (exact) mass is 627 g/mol. The number of carboxylic acid groups (broad SMARTS) is 1. The quantitative estimate of drug-likeness (QED) is 0.0645. The Kier molecular flexibility index (Phi) is 8.92. The average molecular weight is 628 g/mol. The maximum Gasteiger partial charge on any atom is 0.326 e. The van der Waals surface area contributed by atoms with Crippen LogP contribution in [0.3, 0.4) is 0 Å². The smallest absolute Gasteiger partial charge is 0.326 e. The number of hydrogen-bond donors (Lipinski definition) is 9. The molecule has 0 aliphatic carbocycles. The molecule has 0 saturated carbocycles. The van der Waals surface area contributed by atoms with Crippen LogP contribution >= 0.6 is 0 Å². The number of nitrogens with two attached hydrogens (primary N) is 4. The van der Waals surface area contributed by atoms with E-state index in [1.165, 1.54) is 24.4 Å². The van der Waals surface area contributed by atoms with Crippen LogP contribution in [0.5, 0.6) is 0 Å². The van der Waals surface area contributed by atoms with Crippen molar-refractivity contribution in [3.63, 3.8) is 0 Å². The van der Waals surface area contributed by atoms with Gasteiger partial charge in [-0.15, -0.1) is 10.2 Å². The third kappa shape index (κ3) is 7.10. The number of benzene rings is 2. The summed E-state index contributed by atoms with van der Waals surface area (Å²) >= 11 is 0. The molecule has 0 unspecified atom stereocenters. The number of nitrogen functional groups attached to an aromatic ring is 4. The second kappa shape index (κ2) is 13.3. The number of rotatable bonds is 12. The molecule has 0 aliphatic heterocycles. The van der Waals surface area contributed by atoms with E-state index < -0.39 is 23.8 Å². The van der Waals surface area contributed by atoms with Crippen LogP contribution < -0.4 is 38.9 Å². The van der Waals surface area contributed by atoms with Crippen molar-refractivity contribution >= 4 is 57.8 Å². The molecule has 2 amide bonds. The normalized spacial score (nSPS) is 11.6. The minimum atomic E-state index is -1.24. The molecule has 19 heteroatoms. The molecule has 236 valence electrons. The Morgan fingerprint density at radius 3 is 2.50 bits per heavy atom. The zero-order chi connectivity index (χ0) is 32.8. The lowest BCUT2D eigenvalue weighted by molar-refractivity contribution is -0.139. The maximum absolute atomic E-state index is 12.9. The molecule has 13 N–H and O–H groups in total. The Morgan fingerprint density at radius 1 is 0.957 bits per heavy atom. The number of carbonyl (C=O) groups excluding carboxylic acids is 2. The van der Waals surface area contributed by atoms with Gasteiger partial charge in [0.05, 0.1) is 29.6 Å². The van der Waals surface area contributed by atoms with Gasteiger partial charge in [0.25, 0.3) is 11.8 Å². The molecule has 3 heterocycles.